The van der Waals surface area contributed by atoms with E-state index in [2.05, 4.69) is 10.5 Å². The van der Waals surface area contributed by atoms with Gasteiger partial charge in [0.15, 0.2) is 11.5 Å². The van der Waals surface area contributed by atoms with Gasteiger partial charge < -0.3 is 9.47 Å². The first-order valence-corrected chi connectivity index (χ1v) is 11.3. The fourth-order valence-corrected chi connectivity index (χ4v) is 4.03. The van der Waals surface area contributed by atoms with E-state index in [4.69, 9.17) is 21.1 Å². The third kappa shape index (κ3) is 5.79. The molecule has 0 atom stereocenters. The predicted octanol–water partition coefficient (Wildman–Crippen LogP) is 5.68. The number of hydrogen-bond donors (Lipinski definition) is 1. The van der Waals surface area contributed by atoms with E-state index in [-0.39, 0.29) is 12.1 Å². The number of para-hydroxylation sites is 1. The Bertz CT molecular complexity index is 1450. The van der Waals surface area contributed by atoms with Crippen LogP contribution in [0.25, 0.3) is 10.8 Å². The van der Waals surface area contributed by atoms with Crippen LogP contribution in [0.4, 0.5) is 5.69 Å². The Morgan fingerprint density at radius 2 is 1.78 bits per heavy atom. The van der Waals surface area contributed by atoms with Crippen molar-refractivity contribution in [2.24, 2.45) is 5.10 Å². The van der Waals surface area contributed by atoms with Crippen molar-refractivity contribution < 1.29 is 19.2 Å². The lowest BCUT2D eigenvalue weighted by molar-refractivity contribution is -0.385. The van der Waals surface area contributed by atoms with Gasteiger partial charge in [-0.1, -0.05) is 72.3 Å². The Kier molecular flexibility index (Phi) is 7.77. The Labute approximate surface area is 212 Å². The molecule has 4 aromatic rings. The van der Waals surface area contributed by atoms with Crippen molar-refractivity contribution in [3.63, 3.8) is 0 Å². The number of methoxy groups -OCH3 is 1. The minimum atomic E-state index is -0.524. The molecule has 8 nitrogen and oxygen atoms in total. The third-order valence-corrected chi connectivity index (χ3v) is 5.73. The second-order valence-corrected chi connectivity index (χ2v) is 8.22. The third-order valence-electron chi connectivity index (χ3n) is 5.45. The number of carbonyl (C=O) groups excluding carboxylic acids is 1. The summed E-state index contributed by atoms with van der Waals surface area (Å²) in [6.07, 6.45) is 1.22. The van der Waals surface area contributed by atoms with Crippen LogP contribution in [0.5, 0.6) is 11.5 Å². The molecule has 0 aliphatic rings. The SMILES string of the molecule is COc1cc(/C=N/NC(=O)Cc2ccccc2[N+](=O)[O-])cc(Cl)c1OCc1cccc2ccccc12. The van der Waals surface area contributed by atoms with Gasteiger partial charge >= 0.3 is 0 Å². The number of ether oxygens (including phenoxy) is 2. The summed E-state index contributed by atoms with van der Waals surface area (Å²) in [5.41, 5.74) is 4.14. The van der Waals surface area contributed by atoms with Gasteiger partial charge in [0.2, 0.25) is 5.91 Å². The van der Waals surface area contributed by atoms with Gasteiger partial charge in [0, 0.05) is 11.6 Å². The zero-order valence-electron chi connectivity index (χ0n) is 19.3. The molecule has 4 aromatic carbocycles. The van der Waals surface area contributed by atoms with Crippen molar-refractivity contribution in [3.8, 4) is 11.5 Å². The Hall–Kier alpha value is -4.43. The molecule has 0 bridgehead atoms. The lowest BCUT2D eigenvalue weighted by atomic mass is 10.1. The number of amides is 1. The van der Waals surface area contributed by atoms with E-state index < -0.39 is 10.8 Å². The number of nitro benzene ring substituents is 1. The highest BCUT2D eigenvalue weighted by Crippen LogP contribution is 2.37. The highest BCUT2D eigenvalue weighted by atomic mass is 35.5. The average Bonchev–Trinajstić information content (AvgIpc) is 2.88. The topological polar surface area (TPSA) is 103 Å². The van der Waals surface area contributed by atoms with Gasteiger partial charge in [-0.25, -0.2) is 5.43 Å². The maximum Gasteiger partial charge on any atom is 0.273 e. The van der Waals surface area contributed by atoms with Gasteiger partial charge in [-0.2, -0.15) is 5.10 Å². The Balaban J connectivity index is 1.44. The molecule has 0 radical (unpaired) electrons. The average molecular weight is 504 g/mol. The first-order valence-electron chi connectivity index (χ1n) is 11.0. The van der Waals surface area contributed by atoms with Crippen molar-refractivity contribution in [1.82, 2.24) is 5.43 Å². The highest BCUT2D eigenvalue weighted by molar-refractivity contribution is 6.32. The van der Waals surface area contributed by atoms with Crippen LogP contribution in [0, 0.1) is 10.1 Å². The van der Waals surface area contributed by atoms with Gasteiger partial charge in [-0.15, -0.1) is 0 Å². The Morgan fingerprint density at radius 1 is 1.06 bits per heavy atom. The molecule has 0 unspecified atom stereocenters. The van der Waals surface area contributed by atoms with E-state index in [1.54, 1.807) is 24.3 Å². The molecule has 1 N–H and O–H groups in total. The van der Waals surface area contributed by atoms with Crippen LogP contribution in [-0.4, -0.2) is 24.2 Å². The van der Waals surface area contributed by atoms with Crippen LogP contribution in [0.2, 0.25) is 5.02 Å². The molecular weight excluding hydrogens is 482 g/mol. The summed E-state index contributed by atoms with van der Waals surface area (Å²) in [6.45, 7) is 0.298. The van der Waals surface area contributed by atoms with Gasteiger partial charge in [0.05, 0.1) is 29.7 Å². The molecule has 36 heavy (non-hydrogen) atoms. The zero-order chi connectivity index (χ0) is 25.5. The second kappa shape index (κ2) is 11.3. The van der Waals surface area contributed by atoms with Crippen LogP contribution in [0.15, 0.2) is 84.0 Å². The molecule has 182 valence electrons. The van der Waals surface area contributed by atoms with Crippen molar-refractivity contribution in [2.75, 3.05) is 7.11 Å². The summed E-state index contributed by atoms with van der Waals surface area (Å²) in [6, 6.07) is 23.4. The first kappa shape index (κ1) is 24.7. The molecule has 0 saturated carbocycles. The summed E-state index contributed by atoms with van der Waals surface area (Å²) in [5, 5.41) is 17.6. The molecule has 0 fully saturated rings. The quantitative estimate of drug-likeness (QED) is 0.180. The number of nitro groups is 1. The fraction of sp³-hybridized carbons (Fsp3) is 0.111. The van der Waals surface area contributed by atoms with Gasteiger partial charge in [-0.3, -0.25) is 14.9 Å². The molecule has 0 heterocycles. The maximum atomic E-state index is 12.2. The van der Waals surface area contributed by atoms with Crippen molar-refractivity contribution in [3.05, 3.63) is 111 Å². The van der Waals surface area contributed by atoms with Gasteiger partial charge in [0.25, 0.3) is 5.69 Å². The lowest BCUT2D eigenvalue weighted by Crippen LogP contribution is -2.20. The smallest absolute Gasteiger partial charge is 0.273 e. The largest absolute Gasteiger partial charge is 0.493 e. The van der Waals surface area contributed by atoms with Crippen molar-refractivity contribution in [2.45, 2.75) is 13.0 Å². The van der Waals surface area contributed by atoms with E-state index >= 15 is 0 Å². The summed E-state index contributed by atoms with van der Waals surface area (Å²) in [4.78, 5) is 22.8. The molecule has 0 aliphatic carbocycles. The van der Waals surface area contributed by atoms with Gasteiger partial charge in [-0.05, 0) is 34.0 Å². The molecular formula is C27H22ClN3O5. The molecule has 9 heteroatoms. The van der Waals surface area contributed by atoms with E-state index in [9.17, 15) is 14.9 Å². The summed E-state index contributed by atoms with van der Waals surface area (Å²) in [5.74, 6) is 0.314. The van der Waals surface area contributed by atoms with Crippen LogP contribution < -0.4 is 14.9 Å². The predicted molar refractivity (Wildman–Crippen MR) is 139 cm³/mol. The Morgan fingerprint density at radius 3 is 2.58 bits per heavy atom. The van der Waals surface area contributed by atoms with Crippen molar-refractivity contribution in [1.29, 1.82) is 0 Å². The van der Waals surface area contributed by atoms with E-state index in [0.29, 0.717) is 34.3 Å². The van der Waals surface area contributed by atoms with Crippen LogP contribution >= 0.6 is 11.6 Å². The number of rotatable bonds is 9. The molecule has 0 aromatic heterocycles. The minimum absolute atomic E-state index is 0.118. The summed E-state index contributed by atoms with van der Waals surface area (Å²) < 4.78 is 11.5. The van der Waals surface area contributed by atoms with E-state index in [1.807, 2.05) is 42.5 Å². The summed E-state index contributed by atoms with van der Waals surface area (Å²) >= 11 is 6.48. The number of fused-ring (bicyclic) bond motifs is 1. The first-order chi connectivity index (χ1) is 17.5. The number of halogens is 1. The number of hydrogen-bond acceptors (Lipinski definition) is 6. The number of carbonyl (C=O) groups is 1. The number of benzene rings is 4. The molecule has 0 spiro atoms. The molecule has 1 amide bonds. The highest BCUT2D eigenvalue weighted by Gasteiger charge is 2.16. The second-order valence-electron chi connectivity index (χ2n) is 7.82. The molecule has 0 saturated heterocycles. The summed E-state index contributed by atoms with van der Waals surface area (Å²) in [7, 11) is 1.51. The van der Waals surface area contributed by atoms with Crippen LogP contribution in [0.1, 0.15) is 16.7 Å². The number of nitrogens with one attached hydrogen (secondary N) is 1. The van der Waals surface area contributed by atoms with E-state index in [0.717, 1.165) is 16.3 Å². The molecule has 0 aliphatic heterocycles. The normalized spacial score (nSPS) is 10.9. The van der Waals surface area contributed by atoms with Gasteiger partial charge in [0.1, 0.15) is 6.61 Å². The fourth-order valence-electron chi connectivity index (χ4n) is 3.75. The van der Waals surface area contributed by atoms with Crippen LogP contribution in [-0.2, 0) is 17.8 Å². The molecule has 4 rings (SSSR count). The minimum Gasteiger partial charge on any atom is -0.493 e. The maximum absolute atomic E-state index is 12.2. The standard InChI is InChI=1S/C27H22ClN3O5/c1-35-25-14-18(16-29-30-26(32)15-20-8-3-5-12-24(20)31(33)34)13-23(28)27(25)36-17-21-10-6-9-19-7-2-4-11-22(19)21/h2-14,16H,15,17H2,1H3,(H,30,32)/b29-16+. The van der Waals surface area contributed by atoms with Crippen molar-refractivity contribution >= 4 is 40.2 Å². The monoisotopic (exact) mass is 503 g/mol. The number of nitrogens with zero attached hydrogens (tertiary/aromatic N) is 2. The number of hydrazone groups is 1. The zero-order valence-corrected chi connectivity index (χ0v) is 20.1. The van der Waals surface area contributed by atoms with Crippen LogP contribution in [0.3, 0.4) is 0 Å². The lowest BCUT2D eigenvalue weighted by Gasteiger charge is -2.14. The van der Waals surface area contributed by atoms with E-state index in [1.165, 1.54) is 25.5 Å².